The summed E-state index contributed by atoms with van der Waals surface area (Å²) in [6.07, 6.45) is 6.92. The molecule has 20 heteroatoms. The van der Waals surface area contributed by atoms with E-state index in [2.05, 4.69) is 0 Å². The number of aliphatic hydroxyl groups excluding tert-OH is 1. The number of hydrogen-bond acceptors (Lipinski definition) is 18. The molecule has 428 valence electrons. The number of nitrogens with zero attached hydrogens (tertiary/aromatic N) is 3. The van der Waals surface area contributed by atoms with Crippen molar-refractivity contribution in [2.45, 2.75) is 194 Å². The lowest BCUT2D eigenvalue weighted by atomic mass is 9.75. The highest BCUT2D eigenvalue weighted by molar-refractivity contribution is 6.39. The molecule has 0 aromatic carbocycles. The van der Waals surface area contributed by atoms with Crippen molar-refractivity contribution < 1.29 is 82.7 Å². The Morgan fingerprint density at radius 1 is 0.882 bits per heavy atom. The maximum Gasteiger partial charge on any atom is 0.434 e. The Labute approximate surface area is 448 Å². The van der Waals surface area contributed by atoms with E-state index in [1.165, 1.54) is 21.3 Å². The fourth-order valence-electron chi connectivity index (χ4n) is 11.0. The summed E-state index contributed by atoms with van der Waals surface area (Å²) in [5.74, 6) is -10.8. The first-order valence-corrected chi connectivity index (χ1v) is 27.0. The maximum atomic E-state index is 14.6. The van der Waals surface area contributed by atoms with Gasteiger partial charge in [0.05, 0.1) is 37.3 Å². The van der Waals surface area contributed by atoms with Crippen LogP contribution in [-0.2, 0) is 57.3 Å². The summed E-state index contributed by atoms with van der Waals surface area (Å²) in [5, 5.41) is 45.3. The van der Waals surface area contributed by atoms with Crippen LogP contribution in [0.2, 0.25) is 0 Å². The molecule has 3 aliphatic heterocycles. The zero-order valence-corrected chi connectivity index (χ0v) is 46.8. The summed E-state index contributed by atoms with van der Waals surface area (Å²) in [4.78, 5) is 104. The number of Topliss-reactive ketones (excluding diaryl/α,β-unsaturated/α-hetero) is 3. The monoisotopic (exact) mass is 1070 g/mol. The fraction of sp³-hybridized carbons (Fsp3) is 0.732. The van der Waals surface area contributed by atoms with Gasteiger partial charge in [0, 0.05) is 51.4 Å². The zero-order chi connectivity index (χ0) is 56.8. The molecule has 4 N–H and O–H groups in total. The van der Waals surface area contributed by atoms with Crippen LogP contribution in [0.5, 0.6) is 0 Å². The predicted molar refractivity (Wildman–Crippen MR) is 276 cm³/mol. The van der Waals surface area contributed by atoms with Crippen LogP contribution >= 0.6 is 0 Å². The van der Waals surface area contributed by atoms with Crippen LogP contribution in [0.4, 0.5) is 4.79 Å². The van der Waals surface area contributed by atoms with E-state index < -0.39 is 114 Å². The highest BCUT2D eigenvalue weighted by atomic mass is 16.9. The first kappa shape index (κ1) is 63.9. The molecular formula is C56H87N3O17. The number of piperidine rings is 1. The zero-order valence-electron chi connectivity index (χ0n) is 46.8. The molecule has 20 nitrogen and oxygen atoms in total. The molecule has 76 heavy (non-hydrogen) atoms. The van der Waals surface area contributed by atoms with E-state index in [1.807, 2.05) is 19.9 Å². The summed E-state index contributed by atoms with van der Waals surface area (Å²) in [6, 6.07) is -2.34. The average Bonchev–Trinajstić information content (AvgIpc) is 3.37. The smallest absolute Gasteiger partial charge is 0.434 e. The summed E-state index contributed by atoms with van der Waals surface area (Å²) in [5.41, 5.74) is 0.812. The Morgan fingerprint density at radius 3 is 2.22 bits per heavy atom. The number of amides is 2. The fourth-order valence-corrected chi connectivity index (χ4v) is 11.0. The topological polar surface area (TPSA) is 266 Å². The number of allylic oxidation sites excluding steroid dienone is 6. The predicted octanol–water partition coefficient (Wildman–Crippen LogP) is 6.80. The number of ether oxygens (including phenoxy) is 5. The molecule has 2 bridgehead atoms. The number of rotatable bonds is 9. The molecule has 3 fully saturated rings. The van der Waals surface area contributed by atoms with Gasteiger partial charge in [-0.15, -0.1) is 0 Å². The number of cyclic esters (lactones) is 1. The van der Waals surface area contributed by atoms with E-state index >= 15 is 0 Å². The minimum Gasteiger partial charge on any atom is -0.460 e. The molecule has 0 radical (unpaired) electrons. The van der Waals surface area contributed by atoms with Crippen LogP contribution in [0.25, 0.3) is 0 Å². The number of carbonyl (C=O) groups excluding carboxylic acids is 7. The quantitative estimate of drug-likeness (QED) is 0.0608. The van der Waals surface area contributed by atoms with Gasteiger partial charge >= 0.3 is 18.0 Å². The first-order valence-electron chi connectivity index (χ1n) is 27.0. The maximum absolute atomic E-state index is 14.6. The standard InChI is InChI=1S/C56H87N3O17/c1-32(2)73-55(67)59(70)44-30-41-23-21-39(9)56(68,75-41)51(63)52(64)58-25-17-16-20-43(58)54(66)74-46(36(6)28-40-22-24-42(47(29-40)71-11)53(65)76-57(10)69)31-45(60)35(5)27-38(8)49(62)50(72-12)48(61)37(7)26-33(3)18-14-13-15-19-34(44)4/h13-15,18-19,27,32-33,35-37,39-44,46-47,49-50,62,68-70H,16-17,20-26,28-31H2,1-12H3/b15-13+,18-14-,34-19+,38-27+/t33-,35-,36-,37-,39-,40+,41+,42-,43+,44+,46+,47-,49-,50+,56-/m1/s1. The summed E-state index contributed by atoms with van der Waals surface area (Å²) < 4.78 is 29.0. The van der Waals surface area contributed by atoms with Gasteiger partial charge in [-0.2, -0.15) is 5.06 Å². The van der Waals surface area contributed by atoms with Gasteiger partial charge in [-0.3, -0.25) is 29.6 Å². The van der Waals surface area contributed by atoms with Crippen molar-refractivity contribution in [1.82, 2.24) is 15.2 Å². The molecule has 2 saturated heterocycles. The molecule has 4 rings (SSSR count). The lowest BCUT2D eigenvalue weighted by molar-refractivity contribution is -0.306. The second-order valence-corrected chi connectivity index (χ2v) is 22.1. The number of methoxy groups -OCH3 is 2. The summed E-state index contributed by atoms with van der Waals surface area (Å²) in [6.45, 7) is 15.3. The number of carbonyl (C=O) groups is 7. The van der Waals surface area contributed by atoms with E-state index in [1.54, 1.807) is 78.8 Å². The van der Waals surface area contributed by atoms with Gasteiger partial charge in [0.1, 0.15) is 30.1 Å². The third kappa shape index (κ3) is 17.2. The van der Waals surface area contributed by atoms with E-state index in [-0.39, 0.29) is 62.1 Å². The van der Waals surface area contributed by atoms with Gasteiger partial charge in [0.25, 0.3) is 11.7 Å². The Kier molecular flexibility index (Phi) is 24.7. The molecule has 0 unspecified atom stereocenters. The first-order chi connectivity index (χ1) is 35.7. The van der Waals surface area contributed by atoms with Crippen molar-refractivity contribution in [3.8, 4) is 0 Å². The lowest BCUT2D eigenvalue weighted by Crippen LogP contribution is -2.61. The molecule has 1 saturated carbocycles. The second kappa shape index (κ2) is 29.3. The van der Waals surface area contributed by atoms with Crippen LogP contribution in [0, 0.1) is 41.4 Å². The molecule has 1 aliphatic carbocycles. The molecule has 3 heterocycles. The number of hydrogen-bond donors (Lipinski definition) is 4. The highest BCUT2D eigenvalue weighted by Crippen LogP contribution is 2.39. The van der Waals surface area contributed by atoms with Gasteiger partial charge < -0.3 is 43.6 Å². The molecule has 0 spiro atoms. The molecule has 0 aromatic heterocycles. The van der Waals surface area contributed by atoms with Crippen molar-refractivity contribution in [2.24, 2.45) is 41.4 Å². The van der Waals surface area contributed by atoms with Crippen molar-refractivity contribution in [3.63, 3.8) is 0 Å². The third-order valence-corrected chi connectivity index (χ3v) is 15.6. The Morgan fingerprint density at radius 2 is 1.58 bits per heavy atom. The molecule has 4 aliphatic rings. The van der Waals surface area contributed by atoms with E-state index in [4.69, 9.17) is 28.5 Å². The van der Waals surface area contributed by atoms with Crippen LogP contribution in [0.1, 0.15) is 139 Å². The number of ketones is 3. The van der Waals surface area contributed by atoms with Gasteiger partial charge in [-0.25, -0.2) is 14.4 Å². The van der Waals surface area contributed by atoms with Gasteiger partial charge in [-0.1, -0.05) is 71.1 Å². The van der Waals surface area contributed by atoms with Crippen LogP contribution in [-0.4, -0.2) is 159 Å². The second-order valence-electron chi connectivity index (χ2n) is 22.1. The van der Waals surface area contributed by atoms with Crippen molar-refractivity contribution >= 4 is 41.3 Å². The Bertz CT molecular complexity index is 2140. The molecule has 15 atom stereocenters. The highest BCUT2D eigenvalue weighted by Gasteiger charge is 2.53. The number of aliphatic hydroxyl groups is 2. The van der Waals surface area contributed by atoms with E-state index in [0.29, 0.717) is 66.4 Å². The number of esters is 1. The summed E-state index contributed by atoms with van der Waals surface area (Å²) >= 11 is 0. The summed E-state index contributed by atoms with van der Waals surface area (Å²) in [7, 11) is 3.99. The molecule has 0 aromatic rings. The van der Waals surface area contributed by atoms with Crippen LogP contribution in [0.15, 0.2) is 47.6 Å². The van der Waals surface area contributed by atoms with Crippen molar-refractivity contribution in [2.75, 3.05) is 27.8 Å². The van der Waals surface area contributed by atoms with E-state index in [0.717, 1.165) is 4.90 Å². The van der Waals surface area contributed by atoms with Crippen molar-refractivity contribution in [1.29, 1.82) is 0 Å². The SMILES string of the molecule is CO[C@@H]1C[C@H](C[C@@H](C)[C@@H]2CC(=O)[C@H](C)/C=C(\C)[C@@H](O)[C@@H](OC)C(=O)[C@H](C)C[C@H](C)\C=C/C=C/C=C(\C)[C@@H](N(O)C(=O)OC(C)C)C[C@@H]3CC[C@@H](C)[C@@](O)(O3)C(=O)C(=O)N3CCCC[C@H]3C(=O)O2)CC[C@H]1C(=O)ON(C)O. The third-order valence-electron chi connectivity index (χ3n) is 15.6. The largest absolute Gasteiger partial charge is 0.460 e. The van der Waals surface area contributed by atoms with Crippen molar-refractivity contribution in [3.05, 3.63) is 47.6 Å². The number of fused-ring (bicyclic) bond motifs is 3. The number of hydroxylamine groups is 4. The minimum atomic E-state index is -2.65. The van der Waals surface area contributed by atoms with Crippen LogP contribution < -0.4 is 0 Å². The lowest BCUT2D eigenvalue weighted by Gasteiger charge is -2.43. The Hall–Kier alpha value is -4.67. The molecule has 2 amide bonds. The van der Waals surface area contributed by atoms with Crippen LogP contribution in [0.3, 0.4) is 0 Å². The van der Waals surface area contributed by atoms with E-state index in [9.17, 15) is 54.2 Å². The normalized spacial score (nSPS) is 36.2. The van der Waals surface area contributed by atoms with Gasteiger partial charge in [-0.05, 0) is 126 Å². The Balaban J connectivity index is 1.75. The van der Waals surface area contributed by atoms with Gasteiger partial charge in [0.2, 0.25) is 5.79 Å². The molecular weight excluding hydrogens is 987 g/mol. The minimum absolute atomic E-state index is 0.0220. The average molecular weight is 1070 g/mol. The van der Waals surface area contributed by atoms with Gasteiger partial charge in [0.15, 0.2) is 5.78 Å².